The lowest BCUT2D eigenvalue weighted by molar-refractivity contribution is 0.341. The summed E-state index contributed by atoms with van der Waals surface area (Å²) in [7, 11) is 0. The standard InChI is InChI=1S/C14H12Cl2O/c1-2-17-14-6-4-3-5-11(14)10-7-8-12(15)13(16)9-10/h3-9H,2H2,1H3. The second kappa shape index (κ2) is 5.44. The molecule has 0 radical (unpaired) electrons. The van der Waals surface area contributed by atoms with E-state index in [1.165, 1.54) is 0 Å². The Bertz CT molecular complexity index is 523. The van der Waals surface area contributed by atoms with Crippen molar-refractivity contribution in [3.8, 4) is 16.9 Å². The number of halogens is 2. The summed E-state index contributed by atoms with van der Waals surface area (Å²) in [4.78, 5) is 0. The van der Waals surface area contributed by atoms with Gasteiger partial charge in [-0.1, -0.05) is 47.5 Å². The predicted octanol–water partition coefficient (Wildman–Crippen LogP) is 5.06. The quantitative estimate of drug-likeness (QED) is 0.755. The van der Waals surface area contributed by atoms with E-state index in [4.69, 9.17) is 27.9 Å². The normalized spacial score (nSPS) is 10.3. The van der Waals surface area contributed by atoms with Gasteiger partial charge < -0.3 is 4.74 Å². The van der Waals surface area contributed by atoms with Crippen LogP contribution in [0.2, 0.25) is 10.0 Å². The molecule has 2 aromatic carbocycles. The number of hydrogen-bond acceptors (Lipinski definition) is 1. The molecule has 0 heterocycles. The van der Waals surface area contributed by atoms with Crippen molar-refractivity contribution < 1.29 is 4.74 Å². The molecule has 2 aromatic rings. The fraction of sp³-hybridized carbons (Fsp3) is 0.143. The van der Waals surface area contributed by atoms with Gasteiger partial charge in [-0.15, -0.1) is 0 Å². The van der Waals surface area contributed by atoms with Crippen LogP contribution in [0.5, 0.6) is 5.75 Å². The van der Waals surface area contributed by atoms with Gasteiger partial charge in [-0.25, -0.2) is 0 Å². The van der Waals surface area contributed by atoms with Crippen LogP contribution in [0.4, 0.5) is 0 Å². The average Bonchev–Trinajstić information content (AvgIpc) is 2.34. The van der Waals surface area contributed by atoms with Gasteiger partial charge in [0.2, 0.25) is 0 Å². The van der Waals surface area contributed by atoms with Gasteiger partial charge in [-0.2, -0.15) is 0 Å². The summed E-state index contributed by atoms with van der Waals surface area (Å²) in [5, 5.41) is 1.11. The van der Waals surface area contributed by atoms with E-state index in [2.05, 4.69) is 0 Å². The Morgan fingerprint density at radius 2 is 1.76 bits per heavy atom. The highest BCUT2D eigenvalue weighted by molar-refractivity contribution is 6.42. The van der Waals surface area contributed by atoms with E-state index in [9.17, 15) is 0 Å². The lowest BCUT2D eigenvalue weighted by atomic mass is 10.0. The zero-order chi connectivity index (χ0) is 12.3. The molecule has 0 bridgehead atoms. The van der Waals surface area contributed by atoms with Crippen LogP contribution in [-0.4, -0.2) is 6.61 Å². The van der Waals surface area contributed by atoms with Gasteiger partial charge in [0, 0.05) is 5.56 Å². The third-order valence-corrected chi connectivity index (χ3v) is 3.16. The SMILES string of the molecule is CCOc1ccccc1-c1ccc(Cl)c(Cl)c1. The zero-order valence-electron chi connectivity index (χ0n) is 9.41. The van der Waals surface area contributed by atoms with Crippen LogP contribution in [0.3, 0.4) is 0 Å². The maximum Gasteiger partial charge on any atom is 0.127 e. The summed E-state index contributed by atoms with van der Waals surface area (Å²) in [5.74, 6) is 0.855. The Kier molecular flexibility index (Phi) is 3.93. The number of para-hydroxylation sites is 1. The highest BCUT2D eigenvalue weighted by atomic mass is 35.5. The number of benzene rings is 2. The molecular weight excluding hydrogens is 255 g/mol. The van der Waals surface area contributed by atoms with Crippen LogP contribution >= 0.6 is 23.2 Å². The average molecular weight is 267 g/mol. The molecule has 0 amide bonds. The molecule has 0 unspecified atom stereocenters. The van der Waals surface area contributed by atoms with Gasteiger partial charge in [0.05, 0.1) is 16.7 Å². The number of ether oxygens (including phenoxy) is 1. The van der Waals surface area contributed by atoms with Crippen LogP contribution in [0, 0.1) is 0 Å². The summed E-state index contributed by atoms with van der Waals surface area (Å²) in [5.41, 5.74) is 2.02. The van der Waals surface area contributed by atoms with Crippen LogP contribution in [-0.2, 0) is 0 Å². The lowest BCUT2D eigenvalue weighted by Crippen LogP contribution is -1.93. The number of hydrogen-bond donors (Lipinski definition) is 0. The van der Waals surface area contributed by atoms with Gasteiger partial charge in [-0.3, -0.25) is 0 Å². The maximum absolute atomic E-state index is 6.02. The van der Waals surface area contributed by atoms with E-state index in [-0.39, 0.29) is 0 Å². The first-order chi connectivity index (χ1) is 8.22. The Hall–Kier alpha value is -1.18. The van der Waals surface area contributed by atoms with Crippen molar-refractivity contribution in [3.63, 3.8) is 0 Å². The Morgan fingerprint density at radius 3 is 2.47 bits per heavy atom. The third kappa shape index (κ3) is 2.74. The molecule has 0 spiro atoms. The second-order valence-corrected chi connectivity index (χ2v) is 4.37. The van der Waals surface area contributed by atoms with Crippen molar-refractivity contribution in [1.82, 2.24) is 0 Å². The van der Waals surface area contributed by atoms with Crippen molar-refractivity contribution in [2.75, 3.05) is 6.61 Å². The summed E-state index contributed by atoms with van der Waals surface area (Å²) < 4.78 is 5.59. The number of rotatable bonds is 3. The first-order valence-electron chi connectivity index (χ1n) is 5.39. The molecule has 88 valence electrons. The fourth-order valence-corrected chi connectivity index (χ4v) is 1.95. The summed E-state index contributed by atoms with van der Waals surface area (Å²) in [6.07, 6.45) is 0. The van der Waals surface area contributed by atoms with Crippen LogP contribution in [0.1, 0.15) is 6.92 Å². The van der Waals surface area contributed by atoms with Gasteiger partial charge >= 0.3 is 0 Å². The molecule has 0 fully saturated rings. The predicted molar refractivity (Wildman–Crippen MR) is 73.1 cm³/mol. The molecule has 0 aromatic heterocycles. The Labute approximate surface area is 111 Å². The highest BCUT2D eigenvalue weighted by Gasteiger charge is 2.07. The van der Waals surface area contributed by atoms with Crippen LogP contribution < -0.4 is 4.74 Å². The molecule has 3 heteroatoms. The molecule has 0 aliphatic rings. The summed E-state index contributed by atoms with van der Waals surface area (Å²) >= 11 is 11.9. The van der Waals surface area contributed by atoms with Gasteiger partial charge in [0.15, 0.2) is 0 Å². The topological polar surface area (TPSA) is 9.23 Å². The molecule has 0 N–H and O–H groups in total. The summed E-state index contributed by atoms with van der Waals surface area (Å²) in [6.45, 7) is 2.60. The van der Waals surface area contributed by atoms with Crippen LogP contribution in [0.25, 0.3) is 11.1 Å². The molecular formula is C14H12Cl2O. The molecule has 1 nitrogen and oxygen atoms in total. The summed E-state index contributed by atoms with van der Waals surface area (Å²) in [6, 6.07) is 13.5. The van der Waals surface area contributed by atoms with Gasteiger partial charge in [0.25, 0.3) is 0 Å². The van der Waals surface area contributed by atoms with Gasteiger partial charge in [0.1, 0.15) is 5.75 Å². The largest absolute Gasteiger partial charge is 0.493 e. The lowest BCUT2D eigenvalue weighted by Gasteiger charge is -2.10. The van der Waals surface area contributed by atoms with E-state index in [1.807, 2.05) is 43.3 Å². The highest BCUT2D eigenvalue weighted by Crippen LogP contribution is 2.33. The first kappa shape index (κ1) is 12.3. The van der Waals surface area contributed by atoms with Crippen molar-refractivity contribution in [1.29, 1.82) is 0 Å². The minimum Gasteiger partial charge on any atom is -0.493 e. The van der Waals surface area contributed by atoms with E-state index in [0.29, 0.717) is 16.7 Å². The molecule has 17 heavy (non-hydrogen) atoms. The first-order valence-corrected chi connectivity index (χ1v) is 6.15. The van der Waals surface area contributed by atoms with E-state index >= 15 is 0 Å². The molecule has 0 aliphatic carbocycles. The van der Waals surface area contributed by atoms with Crippen molar-refractivity contribution in [2.45, 2.75) is 6.92 Å². The fourth-order valence-electron chi connectivity index (χ4n) is 1.65. The second-order valence-electron chi connectivity index (χ2n) is 3.56. The minimum atomic E-state index is 0.551. The van der Waals surface area contributed by atoms with Crippen LogP contribution in [0.15, 0.2) is 42.5 Å². The Balaban J connectivity index is 2.48. The molecule has 0 saturated heterocycles. The van der Waals surface area contributed by atoms with Crippen molar-refractivity contribution >= 4 is 23.2 Å². The smallest absolute Gasteiger partial charge is 0.127 e. The minimum absolute atomic E-state index is 0.551. The third-order valence-electron chi connectivity index (χ3n) is 2.42. The van der Waals surface area contributed by atoms with Gasteiger partial charge in [-0.05, 0) is 30.7 Å². The molecule has 0 aliphatic heterocycles. The zero-order valence-corrected chi connectivity index (χ0v) is 10.9. The van der Waals surface area contributed by atoms with E-state index in [0.717, 1.165) is 16.9 Å². The van der Waals surface area contributed by atoms with E-state index in [1.54, 1.807) is 6.07 Å². The molecule has 2 rings (SSSR count). The van der Waals surface area contributed by atoms with Crippen molar-refractivity contribution in [2.24, 2.45) is 0 Å². The molecule has 0 saturated carbocycles. The monoisotopic (exact) mass is 266 g/mol. The van der Waals surface area contributed by atoms with Crippen molar-refractivity contribution in [3.05, 3.63) is 52.5 Å². The molecule has 0 atom stereocenters. The van der Waals surface area contributed by atoms with E-state index < -0.39 is 0 Å². The maximum atomic E-state index is 6.02. The Morgan fingerprint density at radius 1 is 1.00 bits per heavy atom.